The lowest BCUT2D eigenvalue weighted by atomic mass is 10.3. The monoisotopic (exact) mass is 264 g/mol. The predicted octanol–water partition coefficient (Wildman–Crippen LogP) is 2.62. The molecule has 2 aromatic rings. The molecule has 1 heterocycles. The first-order valence-corrected chi connectivity index (χ1v) is 6.45. The molecule has 0 saturated carbocycles. The molecule has 0 bridgehead atoms. The van der Waals surface area contributed by atoms with E-state index in [0.717, 1.165) is 5.56 Å². The molecule has 1 aromatic heterocycles. The lowest BCUT2D eigenvalue weighted by Crippen LogP contribution is -2.27. The Balaban J connectivity index is 1.75. The molecule has 18 heavy (non-hydrogen) atoms. The number of carbonyl (C=O) groups is 1. The van der Waals surface area contributed by atoms with E-state index >= 15 is 0 Å². The van der Waals surface area contributed by atoms with Crippen LogP contribution >= 0.6 is 11.3 Å². The number of anilines is 1. The Morgan fingerprint density at radius 2 is 2.22 bits per heavy atom. The summed E-state index contributed by atoms with van der Waals surface area (Å²) in [5.41, 5.74) is 1.62. The summed E-state index contributed by atoms with van der Waals surface area (Å²) in [4.78, 5) is 11.6. The van der Waals surface area contributed by atoms with Gasteiger partial charge < -0.3 is 10.6 Å². The fourth-order valence-electron chi connectivity index (χ4n) is 1.49. The molecule has 0 spiro atoms. The third kappa shape index (κ3) is 3.94. The molecule has 3 nitrogen and oxygen atoms in total. The van der Waals surface area contributed by atoms with Crippen LogP contribution in [0.4, 0.5) is 10.1 Å². The SMILES string of the molecule is O=C(CNCc1ccsc1)Nc1cccc(F)c1. The van der Waals surface area contributed by atoms with Crippen LogP contribution in [0.5, 0.6) is 0 Å². The van der Waals surface area contributed by atoms with Gasteiger partial charge in [0, 0.05) is 12.2 Å². The first kappa shape index (κ1) is 12.7. The van der Waals surface area contributed by atoms with E-state index in [2.05, 4.69) is 10.6 Å². The van der Waals surface area contributed by atoms with Gasteiger partial charge in [-0.15, -0.1) is 0 Å². The summed E-state index contributed by atoms with van der Waals surface area (Å²) in [5.74, 6) is -0.546. The van der Waals surface area contributed by atoms with Crippen molar-refractivity contribution in [2.75, 3.05) is 11.9 Å². The summed E-state index contributed by atoms with van der Waals surface area (Å²) >= 11 is 1.62. The molecule has 5 heteroatoms. The second-order valence-electron chi connectivity index (χ2n) is 3.79. The van der Waals surface area contributed by atoms with Gasteiger partial charge in [0.2, 0.25) is 5.91 Å². The highest BCUT2D eigenvalue weighted by atomic mass is 32.1. The summed E-state index contributed by atoms with van der Waals surface area (Å²) in [7, 11) is 0. The highest BCUT2D eigenvalue weighted by Gasteiger charge is 2.02. The second kappa shape index (κ2) is 6.28. The zero-order valence-corrected chi connectivity index (χ0v) is 10.5. The Bertz CT molecular complexity index is 513. The number of halogens is 1. The van der Waals surface area contributed by atoms with Crippen LogP contribution in [0.2, 0.25) is 0 Å². The average molecular weight is 264 g/mol. The molecule has 1 aromatic carbocycles. The van der Waals surface area contributed by atoms with Crippen LogP contribution in [-0.4, -0.2) is 12.5 Å². The lowest BCUT2D eigenvalue weighted by molar-refractivity contribution is -0.115. The van der Waals surface area contributed by atoms with Gasteiger partial charge in [-0.25, -0.2) is 4.39 Å². The standard InChI is InChI=1S/C13H13FN2OS/c14-11-2-1-3-12(6-11)16-13(17)8-15-7-10-4-5-18-9-10/h1-6,9,15H,7-8H2,(H,16,17). The number of thiophene rings is 1. The van der Waals surface area contributed by atoms with Gasteiger partial charge in [0.05, 0.1) is 6.54 Å². The molecule has 0 unspecified atom stereocenters. The fourth-order valence-corrected chi connectivity index (χ4v) is 2.15. The van der Waals surface area contributed by atoms with E-state index < -0.39 is 0 Å². The van der Waals surface area contributed by atoms with E-state index in [1.165, 1.54) is 12.1 Å². The second-order valence-corrected chi connectivity index (χ2v) is 4.57. The number of nitrogens with one attached hydrogen (secondary N) is 2. The van der Waals surface area contributed by atoms with Crippen molar-refractivity contribution in [3.63, 3.8) is 0 Å². The Hall–Kier alpha value is -1.72. The van der Waals surface area contributed by atoms with Gasteiger partial charge in [0.1, 0.15) is 5.82 Å². The minimum Gasteiger partial charge on any atom is -0.325 e. The maximum absolute atomic E-state index is 12.9. The van der Waals surface area contributed by atoms with E-state index in [1.54, 1.807) is 23.5 Å². The number of benzene rings is 1. The summed E-state index contributed by atoms with van der Waals surface area (Å²) < 4.78 is 12.9. The van der Waals surface area contributed by atoms with E-state index in [0.29, 0.717) is 12.2 Å². The third-order valence-corrected chi connectivity index (χ3v) is 3.04. The van der Waals surface area contributed by atoms with Crippen LogP contribution in [0.25, 0.3) is 0 Å². The molecule has 0 saturated heterocycles. The van der Waals surface area contributed by atoms with Crippen LogP contribution < -0.4 is 10.6 Å². The van der Waals surface area contributed by atoms with Gasteiger partial charge in [-0.05, 0) is 40.6 Å². The fraction of sp³-hybridized carbons (Fsp3) is 0.154. The summed E-state index contributed by atoms with van der Waals surface area (Å²) in [6.07, 6.45) is 0. The van der Waals surface area contributed by atoms with Crippen molar-refractivity contribution >= 4 is 22.9 Å². The molecule has 0 atom stereocenters. The van der Waals surface area contributed by atoms with Crippen molar-refractivity contribution in [2.24, 2.45) is 0 Å². The molecule has 2 rings (SSSR count). The highest BCUT2D eigenvalue weighted by Crippen LogP contribution is 2.08. The summed E-state index contributed by atoms with van der Waals surface area (Å²) in [6.45, 7) is 0.854. The molecule has 94 valence electrons. The van der Waals surface area contributed by atoms with Crippen LogP contribution in [-0.2, 0) is 11.3 Å². The van der Waals surface area contributed by atoms with E-state index in [4.69, 9.17) is 0 Å². The molecular formula is C13H13FN2OS. The van der Waals surface area contributed by atoms with Crippen molar-refractivity contribution in [1.29, 1.82) is 0 Å². The number of hydrogen-bond donors (Lipinski definition) is 2. The van der Waals surface area contributed by atoms with E-state index in [1.807, 2.05) is 16.8 Å². The molecule has 0 aliphatic carbocycles. The zero-order valence-electron chi connectivity index (χ0n) is 9.65. The summed E-state index contributed by atoms with van der Waals surface area (Å²) in [5, 5.41) is 9.66. The summed E-state index contributed by atoms with van der Waals surface area (Å²) in [6, 6.07) is 7.84. The van der Waals surface area contributed by atoms with Gasteiger partial charge in [-0.2, -0.15) is 11.3 Å². The molecule has 0 fully saturated rings. The third-order valence-electron chi connectivity index (χ3n) is 2.30. The first-order valence-electron chi connectivity index (χ1n) is 5.51. The molecule has 0 aliphatic rings. The highest BCUT2D eigenvalue weighted by molar-refractivity contribution is 7.07. The van der Waals surface area contributed by atoms with Gasteiger partial charge in [-0.3, -0.25) is 4.79 Å². The molecular weight excluding hydrogens is 251 g/mol. The number of carbonyl (C=O) groups excluding carboxylic acids is 1. The van der Waals surface area contributed by atoms with Crippen molar-refractivity contribution in [2.45, 2.75) is 6.54 Å². The van der Waals surface area contributed by atoms with Crippen LogP contribution in [0.1, 0.15) is 5.56 Å². The number of amides is 1. The van der Waals surface area contributed by atoms with Gasteiger partial charge in [0.15, 0.2) is 0 Å². The van der Waals surface area contributed by atoms with Crippen LogP contribution in [0.15, 0.2) is 41.1 Å². The maximum Gasteiger partial charge on any atom is 0.238 e. The minimum absolute atomic E-state index is 0.184. The van der Waals surface area contributed by atoms with Crippen molar-refractivity contribution in [3.05, 3.63) is 52.5 Å². The first-order chi connectivity index (χ1) is 8.74. The Morgan fingerprint density at radius 1 is 1.33 bits per heavy atom. The average Bonchev–Trinajstić information content (AvgIpc) is 2.82. The van der Waals surface area contributed by atoms with E-state index in [9.17, 15) is 9.18 Å². The Labute approximate surface area is 109 Å². The number of rotatable bonds is 5. The van der Waals surface area contributed by atoms with Crippen LogP contribution in [0.3, 0.4) is 0 Å². The van der Waals surface area contributed by atoms with Gasteiger partial charge in [0.25, 0.3) is 0 Å². The van der Waals surface area contributed by atoms with Gasteiger partial charge in [-0.1, -0.05) is 6.07 Å². The maximum atomic E-state index is 12.9. The smallest absolute Gasteiger partial charge is 0.238 e. The molecule has 0 radical (unpaired) electrons. The molecule has 1 amide bonds. The topological polar surface area (TPSA) is 41.1 Å². The lowest BCUT2D eigenvalue weighted by Gasteiger charge is -2.06. The quantitative estimate of drug-likeness (QED) is 0.871. The minimum atomic E-state index is -0.362. The van der Waals surface area contributed by atoms with Crippen LogP contribution in [0, 0.1) is 5.82 Å². The number of hydrogen-bond acceptors (Lipinski definition) is 3. The van der Waals surface area contributed by atoms with Gasteiger partial charge >= 0.3 is 0 Å². The Kier molecular flexibility index (Phi) is 4.44. The van der Waals surface area contributed by atoms with E-state index in [-0.39, 0.29) is 18.3 Å². The normalized spacial score (nSPS) is 10.3. The van der Waals surface area contributed by atoms with Crippen molar-refractivity contribution in [1.82, 2.24) is 5.32 Å². The van der Waals surface area contributed by atoms with Crippen molar-refractivity contribution < 1.29 is 9.18 Å². The molecule has 0 aliphatic heterocycles. The predicted molar refractivity (Wildman–Crippen MR) is 71.1 cm³/mol. The Morgan fingerprint density at radius 3 is 2.94 bits per heavy atom. The molecule has 2 N–H and O–H groups in total. The van der Waals surface area contributed by atoms with Crippen molar-refractivity contribution in [3.8, 4) is 0 Å². The largest absolute Gasteiger partial charge is 0.325 e. The zero-order chi connectivity index (χ0) is 12.8.